The summed E-state index contributed by atoms with van der Waals surface area (Å²) >= 11 is 5.86. The van der Waals surface area contributed by atoms with Crippen molar-refractivity contribution in [1.29, 1.82) is 0 Å². The summed E-state index contributed by atoms with van der Waals surface area (Å²) in [6, 6.07) is 9.24. The van der Waals surface area contributed by atoms with Crippen molar-refractivity contribution in [3.63, 3.8) is 0 Å². The van der Waals surface area contributed by atoms with Crippen molar-refractivity contribution < 1.29 is 9.59 Å². The summed E-state index contributed by atoms with van der Waals surface area (Å²) in [4.78, 5) is 31.2. The molecule has 1 aliphatic rings. The van der Waals surface area contributed by atoms with E-state index < -0.39 is 0 Å². The summed E-state index contributed by atoms with van der Waals surface area (Å²) in [5.41, 5.74) is 1.94. The zero-order valence-corrected chi connectivity index (χ0v) is 14.1. The number of halogens is 1. The van der Waals surface area contributed by atoms with Gasteiger partial charge in [0.1, 0.15) is 0 Å². The molecule has 126 valence electrons. The third kappa shape index (κ3) is 4.17. The molecule has 0 atom stereocenters. The van der Waals surface area contributed by atoms with Gasteiger partial charge in [-0.1, -0.05) is 23.7 Å². The highest BCUT2D eigenvalue weighted by molar-refractivity contribution is 6.30. The maximum atomic E-state index is 12.4. The van der Waals surface area contributed by atoms with Crippen molar-refractivity contribution in [2.24, 2.45) is 0 Å². The lowest BCUT2D eigenvalue weighted by atomic mass is 10.1. The fourth-order valence-corrected chi connectivity index (χ4v) is 2.97. The lowest BCUT2D eigenvalue weighted by Crippen LogP contribution is -2.51. The van der Waals surface area contributed by atoms with E-state index >= 15 is 0 Å². The Labute approximate surface area is 146 Å². The molecule has 0 spiro atoms. The van der Waals surface area contributed by atoms with E-state index in [0.29, 0.717) is 44.0 Å². The van der Waals surface area contributed by atoms with Crippen LogP contribution in [0.3, 0.4) is 0 Å². The summed E-state index contributed by atoms with van der Waals surface area (Å²) in [5.74, 6) is 0.203. The van der Waals surface area contributed by atoms with E-state index in [4.69, 9.17) is 11.6 Å². The van der Waals surface area contributed by atoms with Crippen molar-refractivity contribution >= 4 is 23.4 Å². The monoisotopic (exact) mass is 345 g/mol. The van der Waals surface area contributed by atoms with E-state index in [0.717, 1.165) is 11.1 Å². The van der Waals surface area contributed by atoms with Gasteiger partial charge in [-0.2, -0.15) is 0 Å². The summed E-state index contributed by atoms with van der Waals surface area (Å²) in [5, 5.41) is 0.667. The number of H-pyrrole nitrogens is 1. The number of carbonyl (C=O) groups excluding carboxylic acids is 2. The number of nitrogens with one attached hydrogen (secondary N) is 1. The van der Waals surface area contributed by atoms with Crippen molar-refractivity contribution in [3.05, 3.63) is 58.9 Å². The molecule has 1 fully saturated rings. The van der Waals surface area contributed by atoms with Crippen LogP contribution in [-0.4, -0.2) is 52.8 Å². The molecule has 2 heterocycles. The number of benzene rings is 1. The third-order valence-corrected chi connectivity index (χ3v) is 4.52. The molecule has 0 radical (unpaired) electrons. The van der Waals surface area contributed by atoms with Crippen LogP contribution >= 0.6 is 11.6 Å². The molecule has 1 aromatic carbocycles. The Balaban J connectivity index is 1.48. The molecular formula is C18H20ClN3O2. The van der Waals surface area contributed by atoms with Gasteiger partial charge in [0.05, 0.1) is 12.8 Å². The van der Waals surface area contributed by atoms with Crippen LogP contribution in [-0.2, 0) is 22.4 Å². The fourth-order valence-electron chi connectivity index (χ4n) is 2.85. The second kappa shape index (κ2) is 7.53. The van der Waals surface area contributed by atoms with E-state index in [1.54, 1.807) is 12.1 Å². The van der Waals surface area contributed by atoms with E-state index in [-0.39, 0.29) is 11.8 Å². The minimum Gasteiger partial charge on any atom is -0.367 e. The second-order valence-corrected chi connectivity index (χ2v) is 6.40. The predicted octanol–water partition coefficient (Wildman–Crippen LogP) is 2.12. The highest BCUT2D eigenvalue weighted by Gasteiger charge is 2.24. The maximum absolute atomic E-state index is 12.4. The molecule has 24 heavy (non-hydrogen) atoms. The van der Waals surface area contributed by atoms with Gasteiger partial charge in [0.15, 0.2) is 0 Å². The largest absolute Gasteiger partial charge is 0.367 e. The normalized spacial score (nSPS) is 14.7. The van der Waals surface area contributed by atoms with Gasteiger partial charge in [0.25, 0.3) is 0 Å². The first kappa shape index (κ1) is 16.6. The molecule has 1 aromatic heterocycles. The Morgan fingerprint density at radius 2 is 1.42 bits per heavy atom. The molecule has 1 aliphatic heterocycles. The van der Waals surface area contributed by atoms with Crippen molar-refractivity contribution in [2.45, 2.75) is 12.8 Å². The van der Waals surface area contributed by atoms with E-state index in [2.05, 4.69) is 4.98 Å². The van der Waals surface area contributed by atoms with E-state index in [9.17, 15) is 9.59 Å². The molecule has 0 aliphatic carbocycles. The van der Waals surface area contributed by atoms with Gasteiger partial charge in [0.2, 0.25) is 11.8 Å². The zero-order valence-electron chi connectivity index (χ0n) is 13.4. The third-order valence-electron chi connectivity index (χ3n) is 4.27. The summed E-state index contributed by atoms with van der Waals surface area (Å²) in [6.07, 6.45) is 4.43. The molecule has 1 saturated heterocycles. The first-order chi connectivity index (χ1) is 11.6. The maximum Gasteiger partial charge on any atom is 0.227 e. The number of hydrogen-bond acceptors (Lipinski definition) is 2. The molecule has 0 unspecified atom stereocenters. The molecule has 1 N–H and O–H groups in total. The smallest absolute Gasteiger partial charge is 0.227 e. The Bertz CT molecular complexity index is 690. The Kier molecular flexibility index (Phi) is 5.20. The van der Waals surface area contributed by atoms with E-state index in [1.807, 2.05) is 40.4 Å². The molecule has 0 saturated carbocycles. The minimum absolute atomic E-state index is 0.0926. The predicted molar refractivity (Wildman–Crippen MR) is 92.8 cm³/mol. The number of amides is 2. The van der Waals surface area contributed by atoms with Crippen LogP contribution < -0.4 is 0 Å². The van der Waals surface area contributed by atoms with Gasteiger partial charge >= 0.3 is 0 Å². The molecule has 3 rings (SSSR count). The van der Waals surface area contributed by atoms with Gasteiger partial charge in [-0.05, 0) is 29.3 Å². The second-order valence-electron chi connectivity index (χ2n) is 5.96. The van der Waals surface area contributed by atoms with Crippen LogP contribution in [0.4, 0.5) is 0 Å². The number of nitrogens with zero attached hydrogens (tertiary/aromatic N) is 2. The summed E-state index contributed by atoms with van der Waals surface area (Å²) in [7, 11) is 0. The van der Waals surface area contributed by atoms with Gasteiger partial charge in [-0.25, -0.2) is 0 Å². The van der Waals surface area contributed by atoms with Gasteiger partial charge in [-0.15, -0.1) is 0 Å². The van der Waals surface area contributed by atoms with Crippen LogP contribution in [0.1, 0.15) is 11.1 Å². The van der Waals surface area contributed by atoms with Crippen LogP contribution in [0.2, 0.25) is 5.02 Å². The van der Waals surface area contributed by atoms with Crippen LogP contribution in [0.15, 0.2) is 42.7 Å². The Morgan fingerprint density at radius 3 is 1.92 bits per heavy atom. The highest BCUT2D eigenvalue weighted by Crippen LogP contribution is 2.12. The molecule has 2 aromatic rings. The van der Waals surface area contributed by atoms with Gasteiger partial charge in [-0.3, -0.25) is 9.59 Å². The van der Waals surface area contributed by atoms with Crippen molar-refractivity contribution in [3.8, 4) is 0 Å². The van der Waals surface area contributed by atoms with Crippen molar-refractivity contribution in [1.82, 2.24) is 14.8 Å². The molecule has 5 nitrogen and oxygen atoms in total. The number of rotatable bonds is 4. The Morgan fingerprint density at radius 1 is 0.875 bits per heavy atom. The lowest BCUT2D eigenvalue weighted by Gasteiger charge is -2.35. The minimum atomic E-state index is 0.0926. The number of piperazine rings is 1. The lowest BCUT2D eigenvalue weighted by molar-refractivity contribution is -0.138. The van der Waals surface area contributed by atoms with Crippen LogP contribution in [0, 0.1) is 0 Å². The number of aromatic nitrogens is 1. The van der Waals surface area contributed by atoms with Crippen molar-refractivity contribution in [2.75, 3.05) is 26.2 Å². The quantitative estimate of drug-likeness (QED) is 0.922. The SMILES string of the molecule is O=C(Cc1ccc(Cl)cc1)N1CCN(C(=O)Cc2cc[nH]c2)CC1. The van der Waals surface area contributed by atoms with Crippen LogP contribution in [0.5, 0.6) is 0 Å². The molecule has 6 heteroatoms. The molecule has 0 bridgehead atoms. The Hall–Kier alpha value is -2.27. The standard InChI is InChI=1S/C18H20ClN3O2/c19-16-3-1-14(2-4-16)11-17(23)21-7-9-22(10-8-21)18(24)12-15-5-6-20-13-15/h1-6,13,20H,7-12H2. The van der Waals surface area contributed by atoms with E-state index in [1.165, 1.54) is 0 Å². The number of hydrogen-bond donors (Lipinski definition) is 1. The number of aromatic amines is 1. The zero-order chi connectivity index (χ0) is 16.9. The highest BCUT2D eigenvalue weighted by atomic mass is 35.5. The molecular weight excluding hydrogens is 326 g/mol. The fraction of sp³-hybridized carbons (Fsp3) is 0.333. The average Bonchev–Trinajstić information content (AvgIpc) is 3.10. The van der Waals surface area contributed by atoms with Gasteiger partial charge < -0.3 is 14.8 Å². The first-order valence-corrected chi connectivity index (χ1v) is 8.41. The summed E-state index contributed by atoms with van der Waals surface area (Å²) < 4.78 is 0. The molecule has 2 amide bonds. The first-order valence-electron chi connectivity index (χ1n) is 8.03. The number of carbonyl (C=O) groups is 2. The summed E-state index contributed by atoms with van der Waals surface area (Å²) in [6.45, 7) is 2.36. The topological polar surface area (TPSA) is 56.4 Å². The average molecular weight is 346 g/mol. The van der Waals surface area contributed by atoms with Gasteiger partial charge in [0, 0.05) is 43.6 Å². The van der Waals surface area contributed by atoms with Crippen LogP contribution in [0.25, 0.3) is 0 Å².